The SMILES string of the molecule is COC(=O)C(C)(C)CN(Cc1cccs1)C1CC1. The van der Waals surface area contributed by atoms with E-state index in [9.17, 15) is 4.79 Å². The molecule has 0 radical (unpaired) electrons. The van der Waals surface area contributed by atoms with E-state index >= 15 is 0 Å². The Morgan fingerprint density at radius 2 is 2.28 bits per heavy atom. The summed E-state index contributed by atoms with van der Waals surface area (Å²) >= 11 is 1.78. The second kappa shape index (κ2) is 5.41. The number of methoxy groups -OCH3 is 1. The van der Waals surface area contributed by atoms with Crippen LogP contribution in [-0.2, 0) is 16.1 Å². The number of esters is 1. The highest BCUT2D eigenvalue weighted by Crippen LogP contribution is 2.32. The van der Waals surface area contributed by atoms with Crippen LogP contribution in [0.25, 0.3) is 0 Å². The van der Waals surface area contributed by atoms with Crippen molar-refractivity contribution in [3.8, 4) is 0 Å². The van der Waals surface area contributed by atoms with Gasteiger partial charge in [0.1, 0.15) is 0 Å². The molecule has 0 bridgehead atoms. The maximum absolute atomic E-state index is 11.8. The zero-order chi connectivity index (χ0) is 13.2. The molecule has 0 N–H and O–H groups in total. The van der Waals surface area contributed by atoms with Gasteiger partial charge in [-0.3, -0.25) is 9.69 Å². The number of carbonyl (C=O) groups excluding carboxylic acids is 1. The van der Waals surface area contributed by atoms with Gasteiger partial charge >= 0.3 is 5.97 Å². The van der Waals surface area contributed by atoms with Crippen LogP contribution in [0.5, 0.6) is 0 Å². The zero-order valence-electron chi connectivity index (χ0n) is 11.3. The van der Waals surface area contributed by atoms with Gasteiger partial charge in [-0.05, 0) is 38.1 Å². The molecule has 0 spiro atoms. The standard InChI is InChI=1S/C14H21NO2S/c1-14(2,13(16)17-3)10-15(11-6-7-11)9-12-5-4-8-18-12/h4-5,8,11H,6-7,9-10H2,1-3H3. The quantitative estimate of drug-likeness (QED) is 0.742. The average molecular weight is 267 g/mol. The topological polar surface area (TPSA) is 29.5 Å². The maximum atomic E-state index is 11.8. The summed E-state index contributed by atoms with van der Waals surface area (Å²) in [6.45, 7) is 5.64. The van der Waals surface area contributed by atoms with Gasteiger partial charge < -0.3 is 4.74 Å². The van der Waals surface area contributed by atoms with Gasteiger partial charge in [0.15, 0.2) is 0 Å². The Morgan fingerprint density at radius 3 is 2.78 bits per heavy atom. The van der Waals surface area contributed by atoms with Crippen molar-refractivity contribution in [2.75, 3.05) is 13.7 Å². The molecule has 0 atom stereocenters. The Kier molecular flexibility index (Phi) is 4.07. The van der Waals surface area contributed by atoms with E-state index in [4.69, 9.17) is 4.74 Å². The van der Waals surface area contributed by atoms with Crippen LogP contribution < -0.4 is 0 Å². The highest BCUT2D eigenvalue weighted by molar-refractivity contribution is 7.09. The van der Waals surface area contributed by atoms with Crippen LogP contribution in [0.3, 0.4) is 0 Å². The summed E-state index contributed by atoms with van der Waals surface area (Å²) < 4.78 is 4.89. The molecule has 1 aromatic heterocycles. The third-order valence-electron chi connectivity index (χ3n) is 3.34. The largest absolute Gasteiger partial charge is 0.469 e. The van der Waals surface area contributed by atoms with Crippen molar-refractivity contribution in [1.82, 2.24) is 4.90 Å². The Labute approximate surface area is 113 Å². The first-order valence-corrected chi connectivity index (χ1v) is 7.26. The minimum Gasteiger partial charge on any atom is -0.469 e. The minimum absolute atomic E-state index is 0.126. The van der Waals surface area contributed by atoms with Crippen LogP contribution in [0.1, 0.15) is 31.6 Å². The molecule has 1 heterocycles. The Hall–Kier alpha value is -0.870. The molecular formula is C14H21NO2S. The van der Waals surface area contributed by atoms with E-state index in [-0.39, 0.29) is 5.97 Å². The van der Waals surface area contributed by atoms with E-state index in [1.807, 2.05) is 13.8 Å². The number of hydrogen-bond donors (Lipinski definition) is 0. The third kappa shape index (κ3) is 3.33. The molecule has 1 aromatic rings. The fourth-order valence-electron chi connectivity index (χ4n) is 2.21. The second-order valence-corrected chi connectivity index (χ2v) is 6.62. The zero-order valence-corrected chi connectivity index (χ0v) is 12.1. The Balaban J connectivity index is 2.00. The highest BCUT2D eigenvalue weighted by Gasteiger charge is 2.37. The molecular weight excluding hydrogens is 246 g/mol. The average Bonchev–Trinajstić information content (AvgIpc) is 3.06. The van der Waals surface area contributed by atoms with Gasteiger partial charge in [-0.25, -0.2) is 0 Å². The van der Waals surface area contributed by atoms with E-state index in [0.717, 1.165) is 13.1 Å². The lowest BCUT2D eigenvalue weighted by molar-refractivity contribution is -0.152. The van der Waals surface area contributed by atoms with Crippen LogP contribution in [0.2, 0.25) is 0 Å². The number of hydrogen-bond acceptors (Lipinski definition) is 4. The van der Waals surface area contributed by atoms with E-state index in [0.29, 0.717) is 6.04 Å². The predicted molar refractivity (Wildman–Crippen MR) is 73.5 cm³/mol. The second-order valence-electron chi connectivity index (χ2n) is 5.59. The van der Waals surface area contributed by atoms with Crippen LogP contribution in [0.15, 0.2) is 17.5 Å². The van der Waals surface area contributed by atoms with Crippen molar-refractivity contribution in [1.29, 1.82) is 0 Å². The van der Waals surface area contributed by atoms with Crippen molar-refractivity contribution >= 4 is 17.3 Å². The molecule has 1 saturated carbocycles. The van der Waals surface area contributed by atoms with Crippen LogP contribution in [0.4, 0.5) is 0 Å². The van der Waals surface area contributed by atoms with Gasteiger partial charge in [-0.2, -0.15) is 0 Å². The molecule has 0 amide bonds. The summed E-state index contributed by atoms with van der Waals surface area (Å²) in [5.74, 6) is -0.126. The first-order valence-electron chi connectivity index (χ1n) is 6.38. The van der Waals surface area contributed by atoms with Gasteiger partial charge in [0.2, 0.25) is 0 Å². The molecule has 100 valence electrons. The van der Waals surface area contributed by atoms with Crippen molar-refractivity contribution in [2.45, 2.75) is 39.3 Å². The van der Waals surface area contributed by atoms with Gasteiger partial charge in [-0.15, -0.1) is 11.3 Å². The van der Waals surface area contributed by atoms with Crippen molar-refractivity contribution in [3.05, 3.63) is 22.4 Å². The summed E-state index contributed by atoms with van der Waals surface area (Å²) in [6, 6.07) is 4.89. The van der Waals surface area contributed by atoms with E-state index in [2.05, 4.69) is 22.4 Å². The first kappa shape index (κ1) is 13.6. The van der Waals surface area contributed by atoms with Crippen LogP contribution >= 0.6 is 11.3 Å². The number of carbonyl (C=O) groups is 1. The number of nitrogens with zero attached hydrogens (tertiary/aromatic N) is 1. The van der Waals surface area contributed by atoms with E-state index in [1.54, 1.807) is 11.3 Å². The molecule has 0 aromatic carbocycles. The molecule has 1 aliphatic carbocycles. The molecule has 0 aliphatic heterocycles. The van der Waals surface area contributed by atoms with Crippen LogP contribution in [0, 0.1) is 5.41 Å². The van der Waals surface area contributed by atoms with Crippen molar-refractivity contribution in [3.63, 3.8) is 0 Å². The molecule has 0 unspecified atom stereocenters. The summed E-state index contributed by atoms with van der Waals surface area (Å²) in [6.07, 6.45) is 2.51. The predicted octanol–water partition coefficient (Wildman–Crippen LogP) is 2.91. The summed E-state index contributed by atoms with van der Waals surface area (Å²) in [7, 11) is 1.46. The number of thiophene rings is 1. The molecule has 0 saturated heterocycles. The molecule has 2 rings (SSSR count). The van der Waals surface area contributed by atoms with Crippen molar-refractivity contribution in [2.24, 2.45) is 5.41 Å². The molecule has 1 aliphatic rings. The lowest BCUT2D eigenvalue weighted by Crippen LogP contribution is -2.40. The van der Waals surface area contributed by atoms with Crippen molar-refractivity contribution < 1.29 is 9.53 Å². The van der Waals surface area contributed by atoms with Gasteiger partial charge in [0, 0.05) is 24.0 Å². The molecule has 4 heteroatoms. The fourth-order valence-corrected chi connectivity index (χ4v) is 2.93. The minimum atomic E-state index is -0.436. The summed E-state index contributed by atoms with van der Waals surface area (Å²) in [4.78, 5) is 15.6. The highest BCUT2D eigenvalue weighted by atomic mass is 32.1. The summed E-state index contributed by atoms with van der Waals surface area (Å²) in [5.41, 5.74) is -0.436. The van der Waals surface area contributed by atoms with Gasteiger partial charge in [-0.1, -0.05) is 6.07 Å². The third-order valence-corrected chi connectivity index (χ3v) is 4.20. The number of ether oxygens (including phenoxy) is 1. The monoisotopic (exact) mass is 267 g/mol. The summed E-state index contributed by atoms with van der Waals surface area (Å²) in [5, 5.41) is 2.10. The Bertz CT molecular complexity index is 396. The lowest BCUT2D eigenvalue weighted by Gasteiger charge is -2.30. The van der Waals surface area contributed by atoms with E-state index in [1.165, 1.54) is 24.8 Å². The Morgan fingerprint density at radius 1 is 1.56 bits per heavy atom. The normalized spacial score (nSPS) is 16.0. The smallest absolute Gasteiger partial charge is 0.312 e. The van der Waals surface area contributed by atoms with E-state index < -0.39 is 5.41 Å². The van der Waals surface area contributed by atoms with Gasteiger partial charge in [0.05, 0.1) is 12.5 Å². The molecule has 1 fully saturated rings. The first-order chi connectivity index (χ1) is 8.53. The lowest BCUT2D eigenvalue weighted by atomic mass is 9.93. The fraction of sp³-hybridized carbons (Fsp3) is 0.643. The molecule has 18 heavy (non-hydrogen) atoms. The molecule has 3 nitrogen and oxygen atoms in total. The number of rotatable bonds is 6. The maximum Gasteiger partial charge on any atom is 0.312 e. The van der Waals surface area contributed by atoms with Crippen LogP contribution in [-0.4, -0.2) is 30.6 Å². The van der Waals surface area contributed by atoms with Gasteiger partial charge in [0.25, 0.3) is 0 Å².